The highest BCUT2D eigenvalue weighted by Crippen LogP contribution is 2.19. The molecule has 0 amide bonds. The summed E-state index contributed by atoms with van der Waals surface area (Å²) in [5.41, 5.74) is 1.02. The molecule has 0 heterocycles. The van der Waals surface area contributed by atoms with E-state index in [0.717, 1.165) is 16.3 Å². The lowest BCUT2D eigenvalue weighted by atomic mass is 10.1. The standard InChI is InChI=1S/C16H19N3O2/c1-3-18(4-2)19(20)17-21-13-12-15-10-7-9-14-8-5-6-11-16(14)15/h5-13H,3-4H2,1-2H3/b13-12+,19-17-. The number of hydrogen-bond donors (Lipinski definition) is 0. The van der Waals surface area contributed by atoms with Crippen molar-refractivity contribution in [1.82, 2.24) is 5.01 Å². The molecule has 21 heavy (non-hydrogen) atoms. The summed E-state index contributed by atoms with van der Waals surface area (Å²) in [7, 11) is 0. The van der Waals surface area contributed by atoms with Gasteiger partial charge in [0.2, 0.25) is 5.28 Å². The Morgan fingerprint density at radius 2 is 1.86 bits per heavy atom. The van der Waals surface area contributed by atoms with Crippen LogP contribution in [0.25, 0.3) is 16.8 Å². The summed E-state index contributed by atoms with van der Waals surface area (Å²) in [5, 5.41) is 18.8. The minimum Gasteiger partial charge on any atom is -0.569 e. The molecule has 0 N–H and O–H groups in total. The first-order chi connectivity index (χ1) is 10.3. The second-order valence-electron chi connectivity index (χ2n) is 4.45. The number of fused-ring (bicyclic) bond motifs is 1. The molecule has 2 aromatic carbocycles. The molecular formula is C16H19N3O2. The van der Waals surface area contributed by atoms with E-state index >= 15 is 0 Å². The van der Waals surface area contributed by atoms with Crippen LogP contribution in [0.1, 0.15) is 19.4 Å². The Labute approximate surface area is 124 Å². The molecule has 0 aliphatic heterocycles. The number of hydrogen-bond acceptors (Lipinski definition) is 3. The van der Waals surface area contributed by atoms with Gasteiger partial charge in [-0.05, 0) is 36.3 Å². The molecule has 0 spiro atoms. The van der Waals surface area contributed by atoms with Crippen molar-refractivity contribution < 1.29 is 9.81 Å². The van der Waals surface area contributed by atoms with E-state index in [1.165, 1.54) is 11.3 Å². The zero-order valence-corrected chi connectivity index (χ0v) is 12.3. The molecule has 0 saturated heterocycles. The summed E-state index contributed by atoms with van der Waals surface area (Å²) in [4.78, 5) is 5.41. The molecule has 0 bridgehead atoms. The van der Waals surface area contributed by atoms with Crippen LogP contribution in [-0.4, -0.2) is 23.1 Å². The Morgan fingerprint density at radius 3 is 2.62 bits per heavy atom. The first kappa shape index (κ1) is 14.8. The molecule has 110 valence electrons. The van der Waals surface area contributed by atoms with Gasteiger partial charge in [0.1, 0.15) is 6.26 Å². The maximum absolute atomic E-state index is 11.5. The van der Waals surface area contributed by atoms with Crippen molar-refractivity contribution in [2.45, 2.75) is 13.8 Å². The maximum atomic E-state index is 11.5. The fourth-order valence-corrected chi connectivity index (χ4v) is 2.08. The van der Waals surface area contributed by atoms with Gasteiger partial charge in [0.15, 0.2) is 0 Å². The van der Waals surface area contributed by atoms with Crippen LogP contribution >= 0.6 is 0 Å². The molecule has 0 aliphatic rings. The number of hydrazine groups is 1. The largest absolute Gasteiger partial charge is 0.569 e. The second kappa shape index (κ2) is 7.28. The van der Waals surface area contributed by atoms with Crippen LogP contribution < -0.4 is 0 Å². The number of benzene rings is 2. The normalized spacial score (nSPS) is 12.0. The van der Waals surface area contributed by atoms with Gasteiger partial charge in [-0.2, -0.15) is 0 Å². The van der Waals surface area contributed by atoms with Crippen LogP contribution in [0.5, 0.6) is 0 Å². The highest BCUT2D eigenvalue weighted by Gasteiger charge is 2.05. The molecule has 0 unspecified atom stereocenters. The van der Waals surface area contributed by atoms with Crippen molar-refractivity contribution >= 4 is 16.8 Å². The lowest BCUT2D eigenvalue weighted by Crippen LogP contribution is -2.30. The van der Waals surface area contributed by atoms with Crippen molar-refractivity contribution in [2.24, 2.45) is 5.28 Å². The average molecular weight is 285 g/mol. The maximum Gasteiger partial charge on any atom is 0.238 e. The third kappa shape index (κ3) is 3.72. The molecule has 0 aliphatic carbocycles. The van der Waals surface area contributed by atoms with E-state index in [4.69, 9.17) is 4.84 Å². The Bertz CT molecular complexity index is 644. The fraction of sp³-hybridized carbons (Fsp3) is 0.250. The Morgan fingerprint density at radius 1 is 1.14 bits per heavy atom. The van der Waals surface area contributed by atoms with Crippen molar-refractivity contribution in [3.63, 3.8) is 0 Å². The number of nitrogens with zero attached hydrogens (tertiary/aromatic N) is 3. The van der Waals surface area contributed by atoms with Crippen LogP contribution in [-0.2, 0) is 4.84 Å². The van der Waals surface area contributed by atoms with Gasteiger partial charge in [-0.1, -0.05) is 42.5 Å². The van der Waals surface area contributed by atoms with Crippen molar-refractivity contribution in [3.8, 4) is 0 Å². The summed E-state index contributed by atoms with van der Waals surface area (Å²) >= 11 is 0. The van der Waals surface area contributed by atoms with E-state index < -0.39 is 0 Å². The van der Waals surface area contributed by atoms with E-state index in [2.05, 4.69) is 17.4 Å². The Balaban J connectivity index is 2.09. The minimum absolute atomic E-state index is 0.466. The number of rotatable bonds is 6. The predicted octanol–water partition coefficient (Wildman–Crippen LogP) is 3.96. The summed E-state index contributed by atoms with van der Waals surface area (Å²) in [6, 6.07) is 14.1. The molecule has 5 nitrogen and oxygen atoms in total. The van der Waals surface area contributed by atoms with Gasteiger partial charge in [0.05, 0.1) is 18.1 Å². The molecule has 0 radical (unpaired) electrons. The molecule has 0 atom stereocenters. The van der Waals surface area contributed by atoms with Crippen molar-refractivity contribution in [3.05, 3.63) is 59.5 Å². The van der Waals surface area contributed by atoms with Gasteiger partial charge in [0, 0.05) is 0 Å². The van der Waals surface area contributed by atoms with Crippen LogP contribution in [0.15, 0.2) is 54.0 Å². The van der Waals surface area contributed by atoms with Crippen LogP contribution in [0, 0.1) is 5.21 Å². The highest BCUT2D eigenvalue weighted by molar-refractivity contribution is 5.90. The van der Waals surface area contributed by atoms with E-state index in [9.17, 15) is 5.21 Å². The summed E-state index contributed by atoms with van der Waals surface area (Å²) < 4.78 is 0. The van der Waals surface area contributed by atoms with Gasteiger partial charge < -0.3 is 10.0 Å². The topological polar surface area (TPSA) is 50.9 Å². The van der Waals surface area contributed by atoms with E-state index in [0.29, 0.717) is 18.1 Å². The molecule has 5 heteroatoms. The smallest absolute Gasteiger partial charge is 0.238 e. The molecule has 0 aromatic heterocycles. The Kier molecular flexibility index (Phi) is 5.15. The minimum atomic E-state index is 0.466. The molecule has 2 rings (SSSR count). The molecule has 0 fully saturated rings. The lowest BCUT2D eigenvalue weighted by Gasteiger charge is -2.12. The van der Waals surface area contributed by atoms with Crippen LogP contribution in [0.2, 0.25) is 0 Å². The van der Waals surface area contributed by atoms with Gasteiger partial charge >= 0.3 is 0 Å². The molecular weight excluding hydrogens is 266 g/mol. The monoisotopic (exact) mass is 285 g/mol. The summed E-state index contributed by atoms with van der Waals surface area (Å²) in [6.45, 7) is 4.94. The third-order valence-corrected chi connectivity index (χ3v) is 3.22. The van der Waals surface area contributed by atoms with Crippen molar-refractivity contribution in [1.29, 1.82) is 0 Å². The lowest BCUT2D eigenvalue weighted by molar-refractivity contribution is -0.708. The highest BCUT2D eigenvalue weighted by atomic mass is 16.7. The second-order valence-corrected chi connectivity index (χ2v) is 4.45. The van der Waals surface area contributed by atoms with Gasteiger partial charge in [-0.15, -0.1) is 5.01 Å². The first-order valence-corrected chi connectivity index (χ1v) is 6.99. The third-order valence-electron chi connectivity index (χ3n) is 3.22. The summed E-state index contributed by atoms with van der Waals surface area (Å²) in [6.07, 6.45) is 3.21. The zero-order valence-electron chi connectivity index (χ0n) is 12.3. The SMILES string of the molecule is CCN(CC)/[N+]([O-])=N/O/C=C/c1cccc2ccccc12. The Hall–Kier alpha value is -2.56. The average Bonchev–Trinajstić information content (AvgIpc) is 2.53. The van der Waals surface area contributed by atoms with Crippen molar-refractivity contribution in [2.75, 3.05) is 13.1 Å². The van der Waals surface area contributed by atoms with Gasteiger partial charge in [0.25, 0.3) is 0 Å². The van der Waals surface area contributed by atoms with Gasteiger partial charge in [-0.25, -0.2) is 0 Å². The quantitative estimate of drug-likeness (QED) is 0.349. The predicted molar refractivity (Wildman–Crippen MR) is 83.0 cm³/mol. The summed E-state index contributed by atoms with van der Waals surface area (Å²) in [5.74, 6) is 0. The first-order valence-electron chi connectivity index (χ1n) is 6.99. The molecule has 2 aromatic rings. The van der Waals surface area contributed by atoms with Gasteiger partial charge in [-0.3, -0.25) is 0 Å². The fourth-order valence-electron chi connectivity index (χ4n) is 2.08. The van der Waals surface area contributed by atoms with Crippen LogP contribution in [0.3, 0.4) is 0 Å². The zero-order chi connectivity index (χ0) is 15.1. The molecule has 0 saturated carbocycles. The van der Waals surface area contributed by atoms with E-state index in [-0.39, 0.29) is 0 Å². The van der Waals surface area contributed by atoms with E-state index in [1.54, 1.807) is 6.08 Å². The van der Waals surface area contributed by atoms with Crippen LogP contribution in [0.4, 0.5) is 0 Å². The van der Waals surface area contributed by atoms with E-state index in [1.807, 2.05) is 44.2 Å².